The summed E-state index contributed by atoms with van der Waals surface area (Å²) in [6.07, 6.45) is 1.17. The van der Waals surface area contributed by atoms with Gasteiger partial charge in [0.2, 0.25) is 0 Å². The zero-order chi connectivity index (χ0) is 20.1. The molecular weight excluding hydrogens is 492 g/mol. The zero-order valence-electron chi connectivity index (χ0n) is 14.4. The molecule has 0 amide bonds. The number of hydrogen-bond donors (Lipinski definition) is 0. The van der Waals surface area contributed by atoms with Crippen molar-refractivity contribution in [2.75, 3.05) is 7.11 Å². The van der Waals surface area contributed by atoms with Crippen molar-refractivity contribution in [2.24, 2.45) is 5.92 Å². The van der Waals surface area contributed by atoms with E-state index in [1.165, 1.54) is 19.1 Å². The molecule has 26 heavy (non-hydrogen) atoms. The van der Waals surface area contributed by atoms with Crippen LogP contribution in [0.1, 0.15) is 19.4 Å². The van der Waals surface area contributed by atoms with Gasteiger partial charge in [-0.05, 0) is 54.3 Å². The van der Waals surface area contributed by atoms with E-state index in [0.717, 1.165) is 11.7 Å². The number of benzene rings is 2. The number of rotatable bonds is 5. The van der Waals surface area contributed by atoms with Crippen molar-refractivity contribution < 1.29 is 51.1 Å². The van der Waals surface area contributed by atoms with E-state index in [2.05, 4.69) is 50.2 Å². The van der Waals surface area contributed by atoms with Gasteiger partial charge in [-0.3, -0.25) is 0 Å². The third-order valence-corrected chi connectivity index (χ3v) is 5.51. The molecule has 0 saturated carbocycles. The first-order valence-corrected chi connectivity index (χ1v) is 11.7. The molecule has 148 valence electrons. The van der Waals surface area contributed by atoms with E-state index >= 15 is 0 Å². The van der Waals surface area contributed by atoms with Crippen molar-refractivity contribution in [1.29, 1.82) is 0 Å². The molecule has 0 aliphatic rings. The Kier molecular flexibility index (Phi) is 7.01. The predicted octanol–water partition coefficient (Wildman–Crippen LogP) is 4.40. The van der Waals surface area contributed by atoms with E-state index in [9.17, 15) is 25.2 Å². The molecule has 0 heterocycles. The molecule has 0 unspecified atom stereocenters. The molecule has 9 heteroatoms. The molecule has 0 radical (unpaired) electrons. The van der Waals surface area contributed by atoms with E-state index in [1.54, 1.807) is 7.11 Å². The normalized spacial score (nSPS) is 14.1. The van der Waals surface area contributed by atoms with E-state index < -0.39 is 7.81 Å². The quantitative estimate of drug-likeness (QED) is 0.328. The van der Waals surface area contributed by atoms with Crippen LogP contribution in [0.3, 0.4) is 0 Å². The molecule has 0 fully saturated rings. The van der Waals surface area contributed by atoms with Crippen LogP contribution in [0.15, 0.2) is 48.5 Å². The fraction of sp³-hybridized carbons (Fsp3) is 0.294. The Morgan fingerprint density at radius 2 is 1.19 bits per heavy atom. The first kappa shape index (κ1) is 23.0. The fourth-order valence-corrected chi connectivity index (χ4v) is 4.07. The summed E-state index contributed by atoms with van der Waals surface area (Å²) in [7, 11) is -8.95. The summed E-state index contributed by atoms with van der Waals surface area (Å²) in [5.41, 5.74) is 1.44. The van der Waals surface area contributed by atoms with Crippen LogP contribution in [0.5, 0.6) is 5.75 Å². The van der Waals surface area contributed by atoms with Gasteiger partial charge in [-0.25, -0.2) is 0 Å². The molecule has 0 bridgehead atoms. The van der Waals surface area contributed by atoms with Crippen LogP contribution in [0.25, 0.3) is 0 Å². The zero-order valence-corrected chi connectivity index (χ0v) is 17.5. The standard InChI is InChI=1S/C17H20IO.F6P/c1-13(2)12-14-4-6-15(7-5-14)18-16-8-10-17(19-3)11-9-16;1-7(2,3,4,5)6/h4-11,13H,12H2,1-3H3;/q+1;-1. The Labute approximate surface area is 159 Å². The maximum atomic E-state index is 9.87. The molecule has 2 rings (SSSR count). The Bertz CT molecular complexity index is 685. The van der Waals surface area contributed by atoms with Gasteiger partial charge >= 0.3 is 54.2 Å². The van der Waals surface area contributed by atoms with Crippen molar-refractivity contribution in [3.05, 3.63) is 61.2 Å². The van der Waals surface area contributed by atoms with Crippen LogP contribution in [-0.2, 0) is 6.42 Å². The maximum absolute atomic E-state index is 10.7. The molecule has 0 aromatic heterocycles. The summed E-state index contributed by atoms with van der Waals surface area (Å²) in [6.45, 7) is 4.52. The Morgan fingerprint density at radius 1 is 0.808 bits per heavy atom. The second-order valence-corrected chi connectivity index (χ2v) is 10.9. The molecule has 2 aromatic rings. The number of halogens is 7. The Morgan fingerprint density at radius 3 is 1.54 bits per heavy atom. The van der Waals surface area contributed by atoms with Crippen molar-refractivity contribution in [3.63, 3.8) is 0 Å². The van der Waals surface area contributed by atoms with Crippen LogP contribution >= 0.6 is 7.81 Å². The topological polar surface area (TPSA) is 9.23 Å². The van der Waals surface area contributed by atoms with Crippen molar-refractivity contribution >= 4 is 7.81 Å². The van der Waals surface area contributed by atoms with Gasteiger partial charge in [0.05, 0.1) is 7.11 Å². The van der Waals surface area contributed by atoms with Crippen LogP contribution in [-0.4, -0.2) is 7.11 Å². The van der Waals surface area contributed by atoms with Crippen molar-refractivity contribution in [3.8, 4) is 5.75 Å². The van der Waals surface area contributed by atoms with Crippen LogP contribution in [0, 0.1) is 13.1 Å². The van der Waals surface area contributed by atoms with Crippen LogP contribution in [0.2, 0.25) is 0 Å². The average Bonchev–Trinajstić information content (AvgIpc) is 2.46. The second kappa shape index (κ2) is 7.92. The number of hydrogen-bond acceptors (Lipinski definition) is 1. The molecule has 0 atom stereocenters. The van der Waals surface area contributed by atoms with Crippen molar-refractivity contribution in [1.82, 2.24) is 0 Å². The van der Waals surface area contributed by atoms with E-state index in [1.807, 2.05) is 12.1 Å². The number of ether oxygens (including phenoxy) is 1. The van der Waals surface area contributed by atoms with Gasteiger partial charge in [-0.2, -0.15) is 0 Å². The average molecular weight is 512 g/mol. The first-order valence-electron chi connectivity index (χ1n) is 7.56. The first-order chi connectivity index (χ1) is 11.6. The third-order valence-electron chi connectivity index (χ3n) is 2.82. The van der Waals surface area contributed by atoms with Gasteiger partial charge in [-0.15, -0.1) is 0 Å². The summed E-state index contributed by atoms with van der Waals surface area (Å²) >= 11 is -0.0788. The molecule has 2 aromatic carbocycles. The molecular formula is C17H20F6IOP. The molecule has 0 spiro atoms. The molecule has 0 aliphatic carbocycles. The second-order valence-electron chi connectivity index (χ2n) is 5.94. The van der Waals surface area contributed by atoms with Gasteiger partial charge in [0.15, 0.2) is 7.14 Å². The van der Waals surface area contributed by atoms with Crippen molar-refractivity contribution in [2.45, 2.75) is 20.3 Å². The summed E-state index contributed by atoms with van der Waals surface area (Å²) in [5, 5.41) is 0. The summed E-state index contributed by atoms with van der Waals surface area (Å²) < 4.78 is 67.3. The SMILES string of the molecule is COc1ccc([I+]c2ccc(CC(C)C)cc2)cc1.F[P-](F)(F)(F)(F)F. The van der Waals surface area contributed by atoms with Gasteiger partial charge in [0.1, 0.15) is 5.75 Å². The van der Waals surface area contributed by atoms with Crippen LogP contribution in [0.4, 0.5) is 25.2 Å². The molecule has 1 nitrogen and oxygen atoms in total. The van der Waals surface area contributed by atoms with Gasteiger partial charge in [0.25, 0.3) is 0 Å². The Balaban J connectivity index is 0.000000412. The van der Waals surface area contributed by atoms with Gasteiger partial charge in [-0.1, -0.05) is 26.0 Å². The minimum atomic E-state index is -10.7. The van der Waals surface area contributed by atoms with E-state index in [-0.39, 0.29) is 21.2 Å². The van der Waals surface area contributed by atoms with Gasteiger partial charge in [0, 0.05) is 0 Å². The third kappa shape index (κ3) is 13.2. The van der Waals surface area contributed by atoms with Gasteiger partial charge < -0.3 is 4.74 Å². The van der Waals surface area contributed by atoms with E-state index in [4.69, 9.17) is 4.74 Å². The van der Waals surface area contributed by atoms with Crippen LogP contribution < -0.4 is 25.9 Å². The fourth-order valence-electron chi connectivity index (χ4n) is 1.91. The predicted molar refractivity (Wildman–Crippen MR) is 88.9 cm³/mol. The minimum absolute atomic E-state index is 0.0788. The van der Waals surface area contributed by atoms with E-state index in [0.29, 0.717) is 0 Å². The molecule has 0 aliphatic heterocycles. The number of methoxy groups -OCH3 is 1. The summed E-state index contributed by atoms with van der Waals surface area (Å²) in [6, 6.07) is 17.6. The summed E-state index contributed by atoms with van der Waals surface area (Å²) in [5.74, 6) is 1.65. The monoisotopic (exact) mass is 512 g/mol. The summed E-state index contributed by atoms with van der Waals surface area (Å²) in [4.78, 5) is 0. The Hall–Kier alpha value is -1.02. The molecule has 0 saturated heterocycles. The molecule has 0 N–H and O–H groups in total.